The molecule has 0 spiro atoms. The molecule has 1 aliphatic heterocycles. The van der Waals surface area contributed by atoms with E-state index < -0.39 is 17.8 Å². The Labute approximate surface area is 230 Å². The van der Waals surface area contributed by atoms with Crippen molar-refractivity contribution in [1.82, 2.24) is 5.32 Å². The number of anilines is 1. The molecule has 0 radical (unpaired) electrons. The number of nitrogens with zero attached hydrogens (tertiary/aromatic N) is 1. The molecule has 0 bridgehead atoms. The van der Waals surface area contributed by atoms with E-state index in [-0.39, 0.29) is 5.57 Å². The van der Waals surface area contributed by atoms with Crippen molar-refractivity contribution in [3.63, 3.8) is 0 Å². The fourth-order valence-electron chi connectivity index (χ4n) is 3.83. The number of ether oxygens (including phenoxy) is 2. The lowest BCUT2D eigenvalue weighted by Gasteiger charge is -2.27. The third-order valence-electron chi connectivity index (χ3n) is 5.59. The third-order valence-corrected chi connectivity index (χ3v) is 7.16. The molecule has 0 unspecified atom stereocenters. The van der Waals surface area contributed by atoms with Gasteiger partial charge >= 0.3 is 6.03 Å². The van der Waals surface area contributed by atoms with Crippen LogP contribution in [-0.2, 0) is 16.2 Å². The van der Waals surface area contributed by atoms with Gasteiger partial charge in [-0.05, 0) is 77.9 Å². The third kappa shape index (κ3) is 5.31. The molecule has 1 aliphatic rings. The predicted molar refractivity (Wildman–Crippen MR) is 149 cm³/mol. The molecule has 4 rings (SSSR count). The lowest BCUT2D eigenvalue weighted by atomic mass is 10.0. The van der Waals surface area contributed by atoms with Crippen LogP contribution in [0.2, 0.25) is 0 Å². The predicted octanol–water partition coefficient (Wildman–Crippen LogP) is 5.92. The number of amides is 4. The van der Waals surface area contributed by atoms with Gasteiger partial charge in [-0.3, -0.25) is 14.9 Å². The van der Waals surface area contributed by atoms with Crippen LogP contribution >= 0.6 is 38.5 Å². The van der Waals surface area contributed by atoms with E-state index in [9.17, 15) is 14.4 Å². The van der Waals surface area contributed by atoms with Gasteiger partial charge in [-0.1, -0.05) is 51.8 Å². The fourth-order valence-corrected chi connectivity index (χ4v) is 5.01. The summed E-state index contributed by atoms with van der Waals surface area (Å²) in [7, 11) is 1.52. The molecule has 3 aromatic carbocycles. The molecule has 0 atom stereocenters. The number of hydrogen-bond donors (Lipinski definition) is 1. The minimum absolute atomic E-state index is 0.158. The average molecular weight is 661 g/mol. The van der Waals surface area contributed by atoms with Crippen molar-refractivity contribution in [1.29, 1.82) is 0 Å². The van der Waals surface area contributed by atoms with Gasteiger partial charge in [-0.2, -0.15) is 0 Å². The quantitative estimate of drug-likeness (QED) is 0.202. The van der Waals surface area contributed by atoms with Gasteiger partial charge in [-0.25, -0.2) is 9.69 Å². The van der Waals surface area contributed by atoms with Gasteiger partial charge in [0.2, 0.25) is 0 Å². The van der Waals surface area contributed by atoms with E-state index in [1.165, 1.54) is 13.2 Å². The van der Waals surface area contributed by atoms with E-state index in [1.807, 2.05) is 50.2 Å². The van der Waals surface area contributed by atoms with Gasteiger partial charge in [-0.15, -0.1) is 0 Å². The van der Waals surface area contributed by atoms with Crippen LogP contribution in [0.3, 0.4) is 0 Å². The number of hydrogen-bond acceptors (Lipinski definition) is 5. The highest BCUT2D eigenvalue weighted by molar-refractivity contribution is 14.1. The lowest BCUT2D eigenvalue weighted by Crippen LogP contribution is -2.54. The van der Waals surface area contributed by atoms with Gasteiger partial charge in [0, 0.05) is 10.0 Å². The molecule has 1 saturated heterocycles. The van der Waals surface area contributed by atoms with Crippen molar-refractivity contribution in [2.45, 2.75) is 20.5 Å². The highest BCUT2D eigenvalue weighted by atomic mass is 127. The van der Waals surface area contributed by atoms with Crippen LogP contribution < -0.4 is 19.7 Å². The Bertz CT molecular complexity index is 1420. The number of aryl methyl sites for hydroxylation is 2. The fraction of sp³-hybridized carbons (Fsp3) is 0.148. The minimum atomic E-state index is -0.780. The summed E-state index contributed by atoms with van der Waals surface area (Å²) in [6.45, 7) is 4.05. The number of nitrogens with one attached hydrogen (secondary N) is 1. The molecule has 1 heterocycles. The van der Waals surface area contributed by atoms with Crippen LogP contribution in [0.25, 0.3) is 6.08 Å². The van der Waals surface area contributed by atoms with Gasteiger partial charge in [0.25, 0.3) is 11.8 Å². The lowest BCUT2D eigenvalue weighted by molar-refractivity contribution is -0.122. The summed E-state index contributed by atoms with van der Waals surface area (Å²) in [5.41, 5.74) is 3.53. The standard InChI is InChI=1S/C27H22BrIN2O5/c1-15-8-9-22(16(2)10-15)31-26(33)19(25(32)30-27(31)34)11-17-12-21(29)24(23(13-17)35-3)36-14-18-6-4-5-7-20(18)28/h4-13H,14H2,1-3H3,(H,30,32,34)/b19-11+. The topological polar surface area (TPSA) is 84.9 Å². The number of imide groups is 2. The second kappa shape index (κ2) is 10.8. The van der Waals surface area contributed by atoms with E-state index in [0.717, 1.165) is 29.6 Å². The second-order valence-electron chi connectivity index (χ2n) is 8.16. The normalized spacial score (nSPS) is 14.8. The number of methoxy groups -OCH3 is 1. The van der Waals surface area contributed by atoms with E-state index in [2.05, 4.69) is 43.8 Å². The Morgan fingerprint density at radius 3 is 2.50 bits per heavy atom. The smallest absolute Gasteiger partial charge is 0.335 e. The summed E-state index contributed by atoms with van der Waals surface area (Å²) >= 11 is 5.64. The first-order valence-corrected chi connectivity index (χ1v) is 12.8. The van der Waals surface area contributed by atoms with E-state index in [4.69, 9.17) is 9.47 Å². The van der Waals surface area contributed by atoms with Crippen molar-refractivity contribution < 1.29 is 23.9 Å². The second-order valence-corrected chi connectivity index (χ2v) is 10.2. The first-order valence-electron chi connectivity index (χ1n) is 10.9. The molecular weight excluding hydrogens is 639 g/mol. The van der Waals surface area contributed by atoms with Crippen molar-refractivity contribution in [3.8, 4) is 11.5 Å². The zero-order valence-electron chi connectivity index (χ0n) is 19.7. The summed E-state index contributed by atoms with van der Waals surface area (Å²) < 4.78 is 13.3. The number of carbonyl (C=O) groups excluding carboxylic acids is 3. The molecule has 0 aliphatic carbocycles. The van der Waals surface area contributed by atoms with Crippen LogP contribution in [0, 0.1) is 17.4 Å². The highest BCUT2D eigenvalue weighted by Crippen LogP contribution is 2.36. The van der Waals surface area contributed by atoms with Gasteiger partial charge in [0.1, 0.15) is 12.2 Å². The van der Waals surface area contributed by atoms with Crippen LogP contribution in [0.1, 0.15) is 22.3 Å². The number of carbonyl (C=O) groups is 3. The molecule has 3 aromatic rings. The van der Waals surface area contributed by atoms with E-state index in [0.29, 0.717) is 29.4 Å². The summed E-state index contributed by atoms with van der Waals surface area (Å²) in [6, 6.07) is 15.8. The molecule has 1 N–H and O–H groups in total. The van der Waals surface area contributed by atoms with Gasteiger partial charge in [0.15, 0.2) is 11.5 Å². The summed E-state index contributed by atoms with van der Waals surface area (Å²) in [6.07, 6.45) is 1.45. The zero-order chi connectivity index (χ0) is 26.0. The molecule has 36 heavy (non-hydrogen) atoms. The molecule has 0 aromatic heterocycles. The van der Waals surface area contributed by atoms with Gasteiger partial charge < -0.3 is 9.47 Å². The molecule has 184 valence electrons. The summed E-state index contributed by atoms with van der Waals surface area (Å²) in [5.74, 6) is -0.456. The number of halogens is 2. The average Bonchev–Trinajstić information content (AvgIpc) is 2.83. The zero-order valence-corrected chi connectivity index (χ0v) is 23.5. The van der Waals surface area contributed by atoms with Crippen molar-refractivity contribution in [2.24, 2.45) is 0 Å². The molecular formula is C27H22BrIN2O5. The number of barbiturate groups is 1. The summed E-state index contributed by atoms with van der Waals surface area (Å²) in [4.78, 5) is 39.5. The first-order chi connectivity index (χ1) is 17.2. The Balaban J connectivity index is 1.66. The van der Waals surface area contributed by atoms with Crippen molar-refractivity contribution in [3.05, 3.63) is 90.5 Å². The van der Waals surface area contributed by atoms with Crippen LogP contribution in [-0.4, -0.2) is 25.0 Å². The number of benzene rings is 3. The van der Waals surface area contributed by atoms with Crippen molar-refractivity contribution in [2.75, 3.05) is 12.0 Å². The maximum absolute atomic E-state index is 13.3. The SMILES string of the molecule is COc1cc(/C=C2\C(=O)NC(=O)N(c3ccc(C)cc3C)C2=O)cc(I)c1OCc1ccccc1Br. The van der Waals surface area contributed by atoms with Crippen LogP contribution in [0.4, 0.5) is 10.5 Å². The summed E-state index contributed by atoms with van der Waals surface area (Å²) in [5, 5.41) is 2.27. The Hall–Kier alpha value is -3.18. The number of rotatable bonds is 6. The first kappa shape index (κ1) is 25.9. The molecule has 4 amide bonds. The maximum atomic E-state index is 13.3. The molecule has 9 heteroatoms. The Morgan fingerprint density at radius 1 is 1.06 bits per heavy atom. The Kier molecular flexibility index (Phi) is 7.79. The van der Waals surface area contributed by atoms with Gasteiger partial charge in [0.05, 0.1) is 16.4 Å². The molecule has 1 fully saturated rings. The maximum Gasteiger partial charge on any atom is 0.335 e. The van der Waals surface area contributed by atoms with Crippen LogP contribution in [0.15, 0.2) is 64.6 Å². The highest BCUT2D eigenvalue weighted by Gasteiger charge is 2.37. The largest absolute Gasteiger partial charge is 0.493 e. The monoisotopic (exact) mass is 660 g/mol. The van der Waals surface area contributed by atoms with E-state index >= 15 is 0 Å². The van der Waals surface area contributed by atoms with Crippen LogP contribution in [0.5, 0.6) is 11.5 Å². The Morgan fingerprint density at radius 2 is 1.81 bits per heavy atom. The molecule has 0 saturated carbocycles. The van der Waals surface area contributed by atoms with E-state index in [1.54, 1.807) is 18.2 Å². The minimum Gasteiger partial charge on any atom is -0.493 e. The number of urea groups is 1. The molecule has 7 nitrogen and oxygen atoms in total. The van der Waals surface area contributed by atoms with Crippen molar-refractivity contribution >= 4 is 68.1 Å².